The topological polar surface area (TPSA) is 70.2 Å². The summed E-state index contributed by atoms with van der Waals surface area (Å²) < 4.78 is 33.7. The summed E-state index contributed by atoms with van der Waals surface area (Å²) >= 11 is 6.39. The molecule has 0 aromatic heterocycles. The molecular formula is C30H32ClN3O4S. The highest BCUT2D eigenvalue weighted by molar-refractivity contribution is 7.89. The van der Waals surface area contributed by atoms with E-state index in [1.54, 1.807) is 4.90 Å². The van der Waals surface area contributed by atoms with Crippen molar-refractivity contribution in [2.45, 2.75) is 17.9 Å². The molecule has 3 aromatic rings. The van der Waals surface area contributed by atoms with Crippen LogP contribution in [0.15, 0.2) is 83.8 Å². The first kappa shape index (κ1) is 27.4. The zero-order valence-corrected chi connectivity index (χ0v) is 23.3. The van der Waals surface area contributed by atoms with Crippen LogP contribution in [0.25, 0.3) is 6.08 Å². The number of carbonyl (C=O) groups excluding carboxylic acids is 1. The van der Waals surface area contributed by atoms with Crippen molar-refractivity contribution in [3.8, 4) is 5.75 Å². The quantitative estimate of drug-likeness (QED) is 0.407. The minimum absolute atomic E-state index is 0.114. The summed E-state index contributed by atoms with van der Waals surface area (Å²) in [6.07, 6.45) is 4.92. The van der Waals surface area contributed by atoms with Crippen molar-refractivity contribution in [3.63, 3.8) is 0 Å². The van der Waals surface area contributed by atoms with Crippen LogP contribution in [0.1, 0.15) is 16.7 Å². The van der Waals surface area contributed by atoms with Gasteiger partial charge in [-0.3, -0.25) is 9.69 Å². The highest BCUT2D eigenvalue weighted by atomic mass is 35.5. The molecule has 204 valence electrons. The number of amides is 1. The third kappa shape index (κ3) is 6.70. The van der Waals surface area contributed by atoms with Gasteiger partial charge >= 0.3 is 0 Å². The second kappa shape index (κ2) is 12.3. The lowest BCUT2D eigenvalue weighted by Crippen LogP contribution is -2.49. The Morgan fingerprint density at radius 2 is 1.62 bits per heavy atom. The first-order valence-corrected chi connectivity index (χ1v) is 14.9. The number of nitrogens with zero attached hydrogens (tertiary/aromatic N) is 3. The Morgan fingerprint density at radius 1 is 0.897 bits per heavy atom. The van der Waals surface area contributed by atoms with Crippen molar-refractivity contribution >= 4 is 33.6 Å². The average Bonchev–Trinajstić information content (AvgIpc) is 2.97. The lowest BCUT2D eigenvalue weighted by molar-refractivity contribution is -0.135. The molecule has 1 fully saturated rings. The number of carbonyl (C=O) groups is 1. The van der Waals surface area contributed by atoms with Gasteiger partial charge in [0.05, 0.1) is 9.92 Å². The predicted octanol–water partition coefficient (Wildman–Crippen LogP) is 4.32. The van der Waals surface area contributed by atoms with Gasteiger partial charge in [-0.1, -0.05) is 78.4 Å². The molecule has 0 bridgehead atoms. The first-order chi connectivity index (χ1) is 18.9. The van der Waals surface area contributed by atoms with Crippen LogP contribution in [0.5, 0.6) is 5.75 Å². The summed E-state index contributed by atoms with van der Waals surface area (Å²) in [5.74, 6) is 0.173. The maximum Gasteiger partial charge on any atom is 0.260 e. The van der Waals surface area contributed by atoms with Gasteiger partial charge in [-0.2, -0.15) is 4.31 Å². The van der Waals surface area contributed by atoms with Crippen LogP contribution in [0.2, 0.25) is 5.02 Å². The minimum atomic E-state index is -3.71. The Balaban J connectivity index is 1.11. The number of sulfonamides is 1. The Kier molecular flexibility index (Phi) is 8.67. The van der Waals surface area contributed by atoms with E-state index in [0.717, 1.165) is 25.2 Å². The average molecular weight is 566 g/mol. The molecule has 2 aliphatic heterocycles. The van der Waals surface area contributed by atoms with Crippen LogP contribution in [0.4, 0.5) is 0 Å². The van der Waals surface area contributed by atoms with Gasteiger partial charge in [0.1, 0.15) is 5.75 Å². The van der Waals surface area contributed by atoms with Crippen molar-refractivity contribution in [1.29, 1.82) is 0 Å². The van der Waals surface area contributed by atoms with Gasteiger partial charge in [0.15, 0.2) is 6.61 Å². The zero-order chi connectivity index (χ0) is 27.2. The summed E-state index contributed by atoms with van der Waals surface area (Å²) in [6, 6.07) is 22.5. The maximum absolute atomic E-state index is 13.3. The normalized spacial score (nSPS) is 16.8. The van der Waals surface area contributed by atoms with Crippen molar-refractivity contribution in [1.82, 2.24) is 14.1 Å². The van der Waals surface area contributed by atoms with Gasteiger partial charge in [-0.25, -0.2) is 8.42 Å². The molecule has 7 nitrogen and oxygen atoms in total. The molecule has 0 radical (unpaired) electrons. The predicted molar refractivity (Wildman–Crippen MR) is 153 cm³/mol. The fraction of sp³-hybridized carbons (Fsp3) is 0.300. The summed E-state index contributed by atoms with van der Waals surface area (Å²) in [5.41, 5.74) is 3.36. The van der Waals surface area contributed by atoms with Gasteiger partial charge in [-0.15, -0.1) is 0 Å². The first-order valence-electron chi connectivity index (χ1n) is 13.1. The number of halogens is 1. The second-order valence-electron chi connectivity index (χ2n) is 9.73. The van der Waals surface area contributed by atoms with Crippen LogP contribution in [-0.4, -0.2) is 74.3 Å². The highest BCUT2D eigenvalue weighted by Gasteiger charge is 2.29. The van der Waals surface area contributed by atoms with Crippen LogP contribution in [0.3, 0.4) is 0 Å². The van der Waals surface area contributed by atoms with Crippen LogP contribution in [0, 0.1) is 0 Å². The van der Waals surface area contributed by atoms with E-state index in [4.69, 9.17) is 16.3 Å². The van der Waals surface area contributed by atoms with Gasteiger partial charge in [0.25, 0.3) is 5.91 Å². The second-order valence-corrected chi connectivity index (χ2v) is 12.1. The molecule has 1 saturated heterocycles. The number of rotatable bonds is 8. The molecule has 1 amide bonds. The number of benzene rings is 3. The fourth-order valence-electron chi connectivity index (χ4n) is 4.90. The van der Waals surface area contributed by atoms with Gasteiger partial charge in [-0.05, 0) is 41.3 Å². The Labute approximate surface area is 235 Å². The molecule has 2 heterocycles. The molecule has 3 aromatic carbocycles. The lowest BCUT2D eigenvalue weighted by Gasteiger charge is -2.34. The molecule has 0 N–H and O–H groups in total. The molecule has 0 saturated carbocycles. The SMILES string of the molecule is O=C(COc1ccc(S(=O)(=O)N2CCc3ccccc3C2)cc1Cl)N1CCN(C/C=C/c2ccccc2)CC1. The molecule has 0 spiro atoms. The van der Waals surface area contributed by atoms with E-state index in [0.29, 0.717) is 32.6 Å². The van der Waals surface area contributed by atoms with E-state index >= 15 is 0 Å². The van der Waals surface area contributed by atoms with Crippen LogP contribution >= 0.6 is 11.6 Å². The van der Waals surface area contributed by atoms with Crippen molar-refractivity contribution in [2.75, 3.05) is 45.9 Å². The number of ether oxygens (including phenoxy) is 1. The van der Waals surface area contributed by atoms with Crippen LogP contribution < -0.4 is 4.74 Å². The van der Waals surface area contributed by atoms with Crippen molar-refractivity contribution < 1.29 is 17.9 Å². The number of piperazine rings is 1. The van der Waals surface area contributed by atoms with Gasteiger partial charge in [0.2, 0.25) is 10.0 Å². The molecule has 9 heteroatoms. The lowest BCUT2D eigenvalue weighted by atomic mass is 10.0. The largest absolute Gasteiger partial charge is 0.482 e. The number of hydrogen-bond donors (Lipinski definition) is 0. The van der Waals surface area contributed by atoms with Gasteiger partial charge in [0, 0.05) is 45.8 Å². The summed E-state index contributed by atoms with van der Waals surface area (Å²) in [4.78, 5) is 17.0. The van der Waals surface area contributed by atoms with E-state index in [2.05, 4.69) is 29.2 Å². The Morgan fingerprint density at radius 3 is 2.36 bits per heavy atom. The molecular weight excluding hydrogens is 534 g/mol. The fourth-order valence-corrected chi connectivity index (χ4v) is 6.64. The van der Waals surface area contributed by atoms with E-state index < -0.39 is 10.0 Å². The molecule has 0 unspecified atom stereocenters. The number of fused-ring (bicyclic) bond motifs is 1. The summed E-state index contributed by atoms with van der Waals surface area (Å²) in [5, 5.41) is 0.163. The monoisotopic (exact) mass is 565 g/mol. The summed E-state index contributed by atoms with van der Waals surface area (Å²) in [7, 11) is -3.71. The maximum atomic E-state index is 13.3. The van der Waals surface area contributed by atoms with Crippen molar-refractivity contribution in [3.05, 3.63) is 101 Å². The third-order valence-electron chi connectivity index (χ3n) is 7.19. The zero-order valence-electron chi connectivity index (χ0n) is 21.7. The van der Waals surface area contributed by atoms with Crippen molar-refractivity contribution in [2.24, 2.45) is 0 Å². The van der Waals surface area contributed by atoms with Crippen LogP contribution in [-0.2, 0) is 27.8 Å². The highest BCUT2D eigenvalue weighted by Crippen LogP contribution is 2.31. The van der Waals surface area contributed by atoms with Gasteiger partial charge < -0.3 is 9.64 Å². The molecule has 0 atom stereocenters. The van der Waals surface area contributed by atoms with E-state index in [9.17, 15) is 13.2 Å². The Bertz CT molecular complexity index is 1440. The third-order valence-corrected chi connectivity index (χ3v) is 9.32. The molecule has 2 aliphatic rings. The Hall–Kier alpha value is -3.17. The summed E-state index contributed by atoms with van der Waals surface area (Å²) in [6.45, 7) is 4.28. The molecule has 0 aliphatic carbocycles. The van der Waals surface area contributed by atoms with E-state index in [-0.39, 0.29) is 28.2 Å². The minimum Gasteiger partial charge on any atom is -0.482 e. The molecule has 5 rings (SSSR count). The standard InChI is InChI=1S/C30H32ClN3O4S/c31-28-21-27(39(36,37)34-16-14-25-10-4-5-11-26(25)22-34)12-13-29(28)38-23-30(35)33-19-17-32(18-20-33)15-6-9-24-7-2-1-3-8-24/h1-13,21H,14-20,22-23H2/b9-6+. The van der Waals surface area contributed by atoms with E-state index in [1.807, 2.05) is 42.5 Å². The number of hydrogen-bond acceptors (Lipinski definition) is 5. The van der Waals surface area contributed by atoms with E-state index in [1.165, 1.54) is 33.6 Å². The molecule has 39 heavy (non-hydrogen) atoms. The smallest absolute Gasteiger partial charge is 0.260 e.